The van der Waals surface area contributed by atoms with E-state index in [1.54, 1.807) is 14.0 Å². The molecule has 2 aromatic rings. The lowest BCUT2D eigenvalue weighted by atomic mass is 10.1. The van der Waals surface area contributed by atoms with Crippen molar-refractivity contribution in [2.75, 3.05) is 46.9 Å². The van der Waals surface area contributed by atoms with Crippen LogP contribution in [0.1, 0.15) is 19.9 Å². The molecule has 8 heteroatoms. The monoisotopic (exact) mass is 400 g/mol. The maximum absolute atomic E-state index is 13.0. The number of aromatic nitrogens is 2. The fourth-order valence-corrected chi connectivity index (χ4v) is 3.49. The summed E-state index contributed by atoms with van der Waals surface area (Å²) >= 11 is 0. The van der Waals surface area contributed by atoms with E-state index in [4.69, 9.17) is 9.47 Å². The molecule has 1 aliphatic heterocycles. The van der Waals surface area contributed by atoms with Crippen LogP contribution in [0.15, 0.2) is 35.1 Å². The number of carbonyl (C=O) groups is 1. The molecule has 1 atom stereocenters. The van der Waals surface area contributed by atoms with Crippen molar-refractivity contribution in [2.24, 2.45) is 0 Å². The van der Waals surface area contributed by atoms with Crippen molar-refractivity contribution in [3.63, 3.8) is 0 Å². The summed E-state index contributed by atoms with van der Waals surface area (Å²) in [4.78, 5) is 29.7. The molecule has 0 unspecified atom stereocenters. The van der Waals surface area contributed by atoms with Gasteiger partial charge in [0.25, 0.3) is 5.56 Å². The van der Waals surface area contributed by atoms with E-state index >= 15 is 0 Å². The molecule has 1 aromatic heterocycles. The van der Waals surface area contributed by atoms with E-state index in [1.165, 1.54) is 17.9 Å². The first kappa shape index (κ1) is 20.9. The van der Waals surface area contributed by atoms with Crippen molar-refractivity contribution in [1.82, 2.24) is 19.6 Å². The Bertz CT molecular complexity index is 902. The molecule has 0 bridgehead atoms. The second-order valence-corrected chi connectivity index (χ2v) is 7.01. The van der Waals surface area contributed by atoms with Crippen LogP contribution in [0.5, 0.6) is 11.5 Å². The summed E-state index contributed by atoms with van der Waals surface area (Å²) in [5, 5.41) is 4.50. The average molecular weight is 400 g/mol. The molecular weight excluding hydrogens is 372 g/mol. The van der Waals surface area contributed by atoms with E-state index in [2.05, 4.69) is 16.9 Å². The van der Waals surface area contributed by atoms with Gasteiger partial charge in [0.1, 0.15) is 17.5 Å². The van der Waals surface area contributed by atoms with E-state index in [9.17, 15) is 9.59 Å². The summed E-state index contributed by atoms with van der Waals surface area (Å²) in [5.41, 5.74) is 0.907. The van der Waals surface area contributed by atoms with Crippen LogP contribution in [0.25, 0.3) is 11.3 Å². The van der Waals surface area contributed by atoms with Gasteiger partial charge < -0.3 is 19.3 Å². The van der Waals surface area contributed by atoms with Crippen molar-refractivity contribution in [2.45, 2.75) is 19.9 Å². The molecule has 0 radical (unpaired) electrons. The summed E-state index contributed by atoms with van der Waals surface area (Å²) in [6.45, 7) is 7.81. The largest absolute Gasteiger partial charge is 0.497 e. The Hall–Kier alpha value is -2.87. The lowest BCUT2D eigenvalue weighted by Crippen LogP contribution is -2.50. The molecule has 3 rings (SSSR count). The molecule has 1 aliphatic rings. The third-order valence-corrected chi connectivity index (χ3v) is 5.36. The van der Waals surface area contributed by atoms with Crippen LogP contribution < -0.4 is 15.0 Å². The maximum atomic E-state index is 13.0. The van der Waals surface area contributed by atoms with Gasteiger partial charge in [0.05, 0.1) is 14.2 Å². The number of amides is 1. The van der Waals surface area contributed by atoms with E-state index in [1.807, 2.05) is 29.2 Å². The van der Waals surface area contributed by atoms with Crippen LogP contribution in [0.3, 0.4) is 0 Å². The zero-order chi connectivity index (χ0) is 21.0. The zero-order valence-electron chi connectivity index (χ0n) is 17.4. The van der Waals surface area contributed by atoms with E-state index in [0.717, 1.165) is 30.9 Å². The molecule has 1 amide bonds. The highest BCUT2D eigenvalue weighted by Gasteiger charge is 2.27. The standard InChI is InChI=1S/C21H28N4O4/c1-5-23-10-12-24(13-11-23)21(27)15(2)25-19(26)14-18(29-4)20(22-25)16-6-8-17(28-3)9-7-16/h6-9,14-15H,5,10-13H2,1-4H3/t15-/m1/s1. The minimum atomic E-state index is -0.696. The molecule has 1 fully saturated rings. The fraction of sp³-hybridized carbons (Fsp3) is 0.476. The van der Waals surface area contributed by atoms with Gasteiger partial charge in [-0.3, -0.25) is 9.59 Å². The number of likely N-dealkylation sites (N-methyl/N-ethyl adjacent to an activating group) is 1. The van der Waals surface area contributed by atoms with Gasteiger partial charge in [-0.05, 0) is 37.7 Å². The van der Waals surface area contributed by atoms with Crippen LogP contribution in [0, 0.1) is 0 Å². The van der Waals surface area contributed by atoms with Gasteiger partial charge in [0.15, 0.2) is 5.75 Å². The third kappa shape index (κ3) is 4.42. The molecular formula is C21H28N4O4. The summed E-state index contributed by atoms with van der Waals surface area (Å²) in [5.74, 6) is 0.990. The first-order chi connectivity index (χ1) is 14.0. The Balaban J connectivity index is 1.90. The second-order valence-electron chi connectivity index (χ2n) is 7.01. The van der Waals surface area contributed by atoms with Gasteiger partial charge in [-0.1, -0.05) is 6.92 Å². The Kier molecular flexibility index (Phi) is 6.53. The van der Waals surface area contributed by atoms with Crippen LogP contribution in [0.2, 0.25) is 0 Å². The minimum Gasteiger partial charge on any atom is -0.497 e. The Morgan fingerprint density at radius 1 is 1.10 bits per heavy atom. The number of methoxy groups -OCH3 is 2. The number of nitrogens with zero attached hydrogens (tertiary/aromatic N) is 4. The lowest BCUT2D eigenvalue weighted by molar-refractivity contribution is -0.136. The van der Waals surface area contributed by atoms with E-state index in [-0.39, 0.29) is 11.5 Å². The van der Waals surface area contributed by atoms with Gasteiger partial charge in [0, 0.05) is 37.8 Å². The number of hydrogen-bond donors (Lipinski definition) is 0. The number of piperazine rings is 1. The van der Waals surface area contributed by atoms with E-state index in [0.29, 0.717) is 24.5 Å². The molecule has 0 aliphatic carbocycles. The molecule has 29 heavy (non-hydrogen) atoms. The van der Waals surface area contributed by atoms with Crippen LogP contribution in [0.4, 0.5) is 0 Å². The number of rotatable bonds is 6. The van der Waals surface area contributed by atoms with Gasteiger partial charge in [-0.25, -0.2) is 4.68 Å². The van der Waals surface area contributed by atoms with Crippen molar-refractivity contribution in [3.05, 3.63) is 40.7 Å². The molecule has 1 aromatic carbocycles. The molecule has 0 spiro atoms. The quantitative estimate of drug-likeness (QED) is 0.734. The van der Waals surface area contributed by atoms with Gasteiger partial charge in [-0.15, -0.1) is 0 Å². The van der Waals surface area contributed by atoms with Crippen LogP contribution >= 0.6 is 0 Å². The maximum Gasteiger partial charge on any atom is 0.271 e. The minimum absolute atomic E-state index is 0.0961. The van der Waals surface area contributed by atoms with Crippen molar-refractivity contribution in [1.29, 1.82) is 0 Å². The van der Waals surface area contributed by atoms with Crippen LogP contribution in [-0.2, 0) is 4.79 Å². The second kappa shape index (κ2) is 9.09. The van der Waals surface area contributed by atoms with E-state index < -0.39 is 6.04 Å². The van der Waals surface area contributed by atoms with Crippen molar-refractivity contribution in [3.8, 4) is 22.8 Å². The predicted octanol–water partition coefficient (Wildman–Crippen LogP) is 1.65. The summed E-state index contributed by atoms with van der Waals surface area (Å²) < 4.78 is 11.8. The lowest BCUT2D eigenvalue weighted by Gasteiger charge is -2.35. The molecule has 156 valence electrons. The smallest absolute Gasteiger partial charge is 0.271 e. The molecule has 1 saturated heterocycles. The molecule has 2 heterocycles. The van der Waals surface area contributed by atoms with Crippen molar-refractivity contribution < 1.29 is 14.3 Å². The zero-order valence-corrected chi connectivity index (χ0v) is 17.4. The fourth-order valence-electron chi connectivity index (χ4n) is 3.49. The topological polar surface area (TPSA) is 76.9 Å². The third-order valence-electron chi connectivity index (χ3n) is 5.36. The highest BCUT2D eigenvalue weighted by Crippen LogP contribution is 2.28. The first-order valence-electron chi connectivity index (χ1n) is 9.82. The Labute approximate surface area is 170 Å². The molecule has 8 nitrogen and oxygen atoms in total. The van der Waals surface area contributed by atoms with Gasteiger partial charge >= 0.3 is 0 Å². The normalized spacial score (nSPS) is 15.8. The summed E-state index contributed by atoms with van der Waals surface area (Å²) in [7, 11) is 3.09. The Morgan fingerprint density at radius 2 is 1.76 bits per heavy atom. The highest BCUT2D eigenvalue weighted by atomic mass is 16.5. The molecule has 0 saturated carbocycles. The number of hydrogen-bond acceptors (Lipinski definition) is 6. The Morgan fingerprint density at radius 3 is 2.31 bits per heavy atom. The first-order valence-corrected chi connectivity index (χ1v) is 9.82. The summed E-state index contributed by atoms with van der Waals surface area (Å²) in [6.07, 6.45) is 0. The predicted molar refractivity (Wildman–Crippen MR) is 110 cm³/mol. The average Bonchev–Trinajstić information content (AvgIpc) is 2.78. The SMILES string of the molecule is CCN1CCN(C(=O)[C@@H](C)n2nc(-c3ccc(OC)cc3)c(OC)cc2=O)CC1. The summed E-state index contributed by atoms with van der Waals surface area (Å²) in [6, 6.07) is 8.00. The van der Waals surface area contributed by atoms with Gasteiger partial charge in [-0.2, -0.15) is 5.10 Å². The number of carbonyl (C=O) groups excluding carboxylic acids is 1. The number of benzene rings is 1. The number of ether oxygens (including phenoxy) is 2. The highest BCUT2D eigenvalue weighted by molar-refractivity contribution is 5.80. The molecule has 0 N–H and O–H groups in total. The van der Waals surface area contributed by atoms with Crippen LogP contribution in [-0.4, -0.2) is 72.4 Å². The van der Waals surface area contributed by atoms with Gasteiger partial charge in [0.2, 0.25) is 5.91 Å². The van der Waals surface area contributed by atoms with Crippen molar-refractivity contribution >= 4 is 5.91 Å².